The highest BCUT2D eigenvalue weighted by molar-refractivity contribution is 4.90. The van der Waals surface area contributed by atoms with E-state index >= 15 is 0 Å². The SMILES string of the molecule is C=CCOC1C2CCCC1CNC2. The molecule has 0 aromatic rings. The Kier molecular flexibility index (Phi) is 3.01. The number of ether oxygens (including phenoxy) is 1. The quantitative estimate of drug-likeness (QED) is 0.667. The van der Waals surface area contributed by atoms with Crippen molar-refractivity contribution in [1.29, 1.82) is 0 Å². The fourth-order valence-corrected chi connectivity index (χ4v) is 2.70. The molecule has 1 saturated heterocycles. The number of hydrogen-bond donors (Lipinski definition) is 1. The first kappa shape index (κ1) is 9.22. The van der Waals surface area contributed by atoms with Gasteiger partial charge in [-0.15, -0.1) is 6.58 Å². The number of piperidine rings is 1. The van der Waals surface area contributed by atoms with Crippen LogP contribution in [0.25, 0.3) is 0 Å². The molecule has 1 N–H and O–H groups in total. The van der Waals surface area contributed by atoms with Crippen molar-refractivity contribution in [1.82, 2.24) is 5.32 Å². The third-order valence-electron chi connectivity index (χ3n) is 3.30. The van der Waals surface area contributed by atoms with E-state index in [0.717, 1.165) is 31.5 Å². The van der Waals surface area contributed by atoms with Gasteiger partial charge in [0.25, 0.3) is 0 Å². The Morgan fingerprint density at radius 1 is 1.31 bits per heavy atom. The molecule has 13 heavy (non-hydrogen) atoms. The summed E-state index contributed by atoms with van der Waals surface area (Å²) >= 11 is 0. The van der Waals surface area contributed by atoms with E-state index in [0.29, 0.717) is 6.10 Å². The highest BCUT2D eigenvalue weighted by atomic mass is 16.5. The van der Waals surface area contributed by atoms with E-state index in [2.05, 4.69) is 11.9 Å². The Hall–Kier alpha value is -0.340. The monoisotopic (exact) mass is 181 g/mol. The van der Waals surface area contributed by atoms with Gasteiger partial charge in [0.1, 0.15) is 0 Å². The molecule has 2 aliphatic rings. The maximum Gasteiger partial charge on any atom is 0.0659 e. The van der Waals surface area contributed by atoms with Gasteiger partial charge < -0.3 is 10.1 Å². The topological polar surface area (TPSA) is 21.3 Å². The van der Waals surface area contributed by atoms with Gasteiger partial charge in [-0.1, -0.05) is 12.5 Å². The highest BCUT2D eigenvalue weighted by Gasteiger charge is 2.36. The molecule has 0 spiro atoms. The maximum atomic E-state index is 5.84. The summed E-state index contributed by atoms with van der Waals surface area (Å²) in [6, 6.07) is 0. The van der Waals surface area contributed by atoms with Crippen LogP contribution in [0.1, 0.15) is 19.3 Å². The molecule has 1 aliphatic heterocycles. The number of hydrogen-bond acceptors (Lipinski definition) is 2. The predicted molar refractivity (Wildman–Crippen MR) is 53.6 cm³/mol. The summed E-state index contributed by atoms with van der Waals surface area (Å²) in [5.41, 5.74) is 0. The lowest BCUT2D eigenvalue weighted by atomic mass is 9.76. The smallest absolute Gasteiger partial charge is 0.0659 e. The zero-order valence-corrected chi connectivity index (χ0v) is 8.17. The second-order valence-electron chi connectivity index (χ2n) is 4.20. The lowest BCUT2D eigenvalue weighted by molar-refractivity contribution is -0.0514. The first-order valence-electron chi connectivity index (χ1n) is 5.35. The van der Waals surface area contributed by atoms with Crippen LogP contribution < -0.4 is 5.32 Å². The third-order valence-corrected chi connectivity index (χ3v) is 3.30. The molecular formula is C11H19NO. The summed E-state index contributed by atoms with van der Waals surface area (Å²) < 4.78 is 5.84. The van der Waals surface area contributed by atoms with Crippen LogP contribution in [0.15, 0.2) is 12.7 Å². The van der Waals surface area contributed by atoms with Crippen LogP contribution in [0.2, 0.25) is 0 Å². The van der Waals surface area contributed by atoms with E-state index in [9.17, 15) is 0 Å². The van der Waals surface area contributed by atoms with Gasteiger partial charge in [-0.25, -0.2) is 0 Å². The molecule has 74 valence electrons. The molecule has 2 bridgehead atoms. The molecule has 2 rings (SSSR count). The number of rotatable bonds is 3. The second-order valence-corrected chi connectivity index (χ2v) is 4.20. The van der Waals surface area contributed by atoms with Gasteiger partial charge in [0.05, 0.1) is 12.7 Å². The summed E-state index contributed by atoms with van der Waals surface area (Å²) in [5.74, 6) is 1.51. The van der Waals surface area contributed by atoms with Gasteiger partial charge in [-0.2, -0.15) is 0 Å². The lowest BCUT2D eigenvalue weighted by Crippen LogP contribution is -2.50. The summed E-state index contributed by atoms with van der Waals surface area (Å²) in [4.78, 5) is 0. The average Bonchev–Trinajstić information content (AvgIpc) is 2.14. The minimum atomic E-state index is 0.507. The van der Waals surface area contributed by atoms with Crippen molar-refractivity contribution in [3.8, 4) is 0 Å². The van der Waals surface area contributed by atoms with Gasteiger partial charge in [0.2, 0.25) is 0 Å². The van der Waals surface area contributed by atoms with Crippen LogP contribution in [0.4, 0.5) is 0 Å². The van der Waals surface area contributed by atoms with Gasteiger partial charge in [-0.05, 0) is 24.7 Å². The van der Waals surface area contributed by atoms with Crippen molar-refractivity contribution < 1.29 is 4.74 Å². The van der Waals surface area contributed by atoms with Crippen LogP contribution in [0.5, 0.6) is 0 Å². The van der Waals surface area contributed by atoms with E-state index < -0.39 is 0 Å². The van der Waals surface area contributed by atoms with Crippen LogP contribution >= 0.6 is 0 Å². The van der Waals surface area contributed by atoms with E-state index in [1.54, 1.807) is 0 Å². The summed E-state index contributed by atoms with van der Waals surface area (Å²) in [7, 11) is 0. The zero-order chi connectivity index (χ0) is 9.10. The fourth-order valence-electron chi connectivity index (χ4n) is 2.70. The molecular weight excluding hydrogens is 162 g/mol. The summed E-state index contributed by atoms with van der Waals surface area (Å²) in [5, 5.41) is 3.49. The minimum absolute atomic E-state index is 0.507. The van der Waals surface area contributed by atoms with E-state index in [-0.39, 0.29) is 0 Å². The number of fused-ring (bicyclic) bond motifs is 2. The standard InChI is InChI=1S/C11H19NO/c1-2-6-13-11-9-4-3-5-10(11)8-12-7-9/h2,9-12H,1,3-8H2. The zero-order valence-electron chi connectivity index (χ0n) is 8.17. The molecule has 1 aliphatic carbocycles. The number of nitrogens with one attached hydrogen (secondary N) is 1. The molecule has 0 aromatic carbocycles. The van der Waals surface area contributed by atoms with Crippen LogP contribution in [0.3, 0.4) is 0 Å². The molecule has 1 heterocycles. The second kappa shape index (κ2) is 4.25. The molecule has 0 radical (unpaired) electrons. The van der Waals surface area contributed by atoms with Crippen LogP contribution in [-0.4, -0.2) is 25.8 Å². The van der Waals surface area contributed by atoms with Gasteiger partial charge in [0, 0.05) is 13.1 Å². The Balaban J connectivity index is 1.94. The van der Waals surface area contributed by atoms with Gasteiger partial charge in [-0.3, -0.25) is 0 Å². The molecule has 1 saturated carbocycles. The van der Waals surface area contributed by atoms with Gasteiger partial charge >= 0.3 is 0 Å². The predicted octanol–water partition coefficient (Wildman–Crippen LogP) is 1.58. The Morgan fingerprint density at radius 3 is 2.62 bits per heavy atom. The van der Waals surface area contributed by atoms with E-state index in [1.165, 1.54) is 19.3 Å². The van der Waals surface area contributed by atoms with Crippen molar-refractivity contribution >= 4 is 0 Å². The van der Waals surface area contributed by atoms with Gasteiger partial charge in [0.15, 0.2) is 0 Å². The Labute approximate surface area is 80.4 Å². The fraction of sp³-hybridized carbons (Fsp3) is 0.818. The normalized spacial score (nSPS) is 38.6. The summed E-state index contributed by atoms with van der Waals surface area (Å²) in [6.45, 7) is 6.72. The Bertz CT molecular complexity index is 159. The highest BCUT2D eigenvalue weighted by Crippen LogP contribution is 2.33. The largest absolute Gasteiger partial charge is 0.374 e. The van der Waals surface area contributed by atoms with Crippen molar-refractivity contribution in [2.24, 2.45) is 11.8 Å². The average molecular weight is 181 g/mol. The molecule has 2 unspecified atom stereocenters. The third kappa shape index (κ3) is 1.94. The van der Waals surface area contributed by atoms with E-state index in [1.807, 2.05) is 6.08 Å². The molecule has 0 amide bonds. The van der Waals surface area contributed by atoms with Crippen LogP contribution in [-0.2, 0) is 4.74 Å². The van der Waals surface area contributed by atoms with Crippen molar-refractivity contribution in [3.05, 3.63) is 12.7 Å². The summed E-state index contributed by atoms with van der Waals surface area (Å²) in [6.07, 6.45) is 6.44. The molecule has 2 fully saturated rings. The minimum Gasteiger partial charge on any atom is -0.374 e. The lowest BCUT2D eigenvalue weighted by Gasteiger charge is -2.42. The molecule has 0 aromatic heterocycles. The molecule has 2 atom stereocenters. The van der Waals surface area contributed by atoms with Crippen LogP contribution in [0, 0.1) is 11.8 Å². The first-order valence-corrected chi connectivity index (χ1v) is 5.35. The van der Waals surface area contributed by atoms with Crippen molar-refractivity contribution in [2.45, 2.75) is 25.4 Å². The maximum absolute atomic E-state index is 5.84. The molecule has 2 nitrogen and oxygen atoms in total. The first-order chi connectivity index (χ1) is 6.42. The van der Waals surface area contributed by atoms with E-state index in [4.69, 9.17) is 4.74 Å². The van der Waals surface area contributed by atoms with Crippen molar-refractivity contribution in [2.75, 3.05) is 19.7 Å². The molecule has 2 heteroatoms. The Morgan fingerprint density at radius 2 is 2.00 bits per heavy atom. The van der Waals surface area contributed by atoms with Crippen molar-refractivity contribution in [3.63, 3.8) is 0 Å².